The fourth-order valence-electron chi connectivity index (χ4n) is 2.46. The van der Waals surface area contributed by atoms with E-state index in [1.807, 2.05) is 0 Å². The van der Waals surface area contributed by atoms with Crippen LogP contribution >= 0.6 is 0 Å². The number of alkyl halides is 3. The van der Waals surface area contributed by atoms with Gasteiger partial charge in [0.05, 0.1) is 5.92 Å². The smallest absolute Gasteiger partial charge is 0.406 e. The summed E-state index contributed by atoms with van der Waals surface area (Å²) in [7, 11) is 0. The molecule has 1 aliphatic carbocycles. The number of halogens is 3. The standard InChI is InChI=1S/C12H18F3NO3/c1-2-16(7-12(13,14)15)10(17)8-4-3-5-9(6-8)11(18)19/h8-9H,2-7H2,1H3,(H,18,19). The van der Waals surface area contributed by atoms with Gasteiger partial charge in [0.1, 0.15) is 6.54 Å². The number of rotatable bonds is 4. The maximum atomic E-state index is 12.3. The van der Waals surface area contributed by atoms with Crippen molar-refractivity contribution >= 4 is 11.9 Å². The van der Waals surface area contributed by atoms with Gasteiger partial charge in [-0.2, -0.15) is 13.2 Å². The van der Waals surface area contributed by atoms with E-state index in [4.69, 9.17) is 5.11 Å². The van der Waals surface area contributed by atoms with Gasteiger partial charge in [-0.25, -0.2) is 0 Å². The lowest BCUT2D eigenvalue weighted by molar-refractivity contribution is -0.165. The highest BCUT2D eigenvalue weighted by molar-refractivity contribution is 5.80. The van der Waals surface area contributed by atoms with Gasteiger partial charge in [0.2, 0.25) is 5.91 Å². The third-order valence-electron chi connectivity index (χ3n) is 3.44. The topological polar surface area (TPSA) is 57.6 Å². The Labute approximate surface area is 109 Å². The van der Waals surface area contributed by atoms with Crippen molar-refractivity contribution in [3.8, 4) is 0 Å². The summed E-state index contributed by atoms with van der Waals surface area (Å²) in [5.74, 6) is -2.77. The van der Waals surface area contributed by atoms with Gasteiger partial charge in [-0.15, -0.1) is 0 Å². The number of carboxylic acid groups (broad SMARTS) is 1. The summed E-state index contributed by atoms with van der Waals surface area (Å²) in [6, 6.07) is 0. The molecule has 19 heavy (non-hydrogen) atoms. The third kappa shape index (κ3) is 4.72. The molecule has 0 spiro atoms. The molecule has 1 amide bonds. The summed E-state index contributed by atoms with van der Waals surface area (Å²) in [5, 5.41) is 8.92. The Morgan fingerprint density at radius 3 is 2.32 bits per heavy atom. The Balaban J connectivity index is 2.66. The van der Waals surface area contributed by atoms with Crippen LogP contribution < -0.4 is 0 Å². The molecule has 7 heteroatoms. The minimum absolute atomic E-state index is 0.0212. The van der Waals surface area contributed by atoms with Crippen LogP contribution in [0.3, 0.4) is 0 Å². The molecule has 1 N–H and O–H groups in total. The number of nitrogens with zero attached hydrogens (tertiary/aromatic N) is 1. The zero-order chi connectivity index (χ0) is 14.6. The quantitative estimate of drug-likeness (QED) is 0.860. The molecule has 0 aliphatic heterocycles. The fourth-order valence-corrected chi connectivity index (χ4v) is 2.46. The van der Waals surface area contributed by atoms with Gasteiger partial charge in [-0.1, -0.05) is 6.42 Å². The molecule has 110 valence electrons. The van der Waals surface area contributed by atoms with E-state index in [1.54, 1.807) is 0 Å². The average Bonchev–Trinajstić information content (AvgIpc) is 2.34. The first kappa shape index (κ1) is 15.8. The van der Waals surface area contributed by atoms with Crippen molar-refractivity contribution < 1.29 is 27.9 Å². The monoisotopic (exact) mass is 281 g/mol. The number of hydrogen-bond donors (Lipinski definition) is 1. The Bertz CT molecular complexity index is 344. The first-order chi connectivity index (χ1) is 8.74. The zero-order valence-electron chi connectivity index (χ0n) is 10.7. The SMILES string of the molecule is CCN(CC(F)(F)F)C(=O)C1CCCC(C(=O)O)C1. The molecular formula is C12H18F3NO3. The van der Waals surface area contributed by atoms with Crippen LogP contribution in [0.4, 0.5) is 13.2 Å². The van der Waals surface area contributed by atoms with E-state index in [0.29, 0.717) is 19.3 Å². The van der Waals surface area contributed by atoms with E-state index in [9.17, 15) is 22.8 Å². The van der Waals surface area contributed by atoms with Crippen LogP contribution in [0.25, 0.3) is 0 Å². The number of carbonyl (C=O) groups excluding carboxylic acids is 1. The lowest BCUT2D eigenvalue weighted by Gasteiger charge is -2.31. The molecule has 0 bridgehead atoms. The summed E-state index contributed by atoms with van der Waals surface area (Å²) in [6.45, 7) is 0.199. The van der Waals surface area contributed by atoms with Crippen LogP contribution in [0.1, 0.15) is 32.6 Å². The van der Waals surface area contributed by atoms with Crippen molar-refractivity contribution in [1.29, 1.82) is 0 Å². The maximum absolute atomic E-state index is 12.3. The van der Waals surface area contributed by atoms with Crippen molar-refractivity contribution in [3.05, 3.63) is 0 Å². The summed E-state index contributed by atoms with van der Waals surface area (Å²) in [5.41, 5.74) is 0. The Hall–Kier alpha value is -1.27. The highest BCUT2D eigenvalue weighted by Crippen LogP contribution is 2.31. The van der Waals surface area contributed by atoms with E-state index in [-0.39, 0.29) is 13.0 Å². The van der Waals surface area contributed by atoms with E-state index in [1.165, 1.54) is 6.92 Å². The minimum Gasteiger partial charge on any atom is -0.481 e. The molecule has 0 radical (unpaired) electrons. The number of amides is 1. The zero-order valence-corrected chi connectivity index (χ0v) is 10.7. The van der Waals surface area contributed by atoms with E-state index in [2.05, 4.69) is 0 Å². The van der Waals surface area contributed by atoms with Gasteiger partial charge in [-0.05, 0) is 26.2 Å². The maximum Gasteiger partial charge on any atom is 0.406 e. The first-order valence-electron chi connectivity index (χ1n) is 6.33. The predicted octanol–water partition coefficient (Wildman–Crippen LogP) is 2.29. The molecule has 4 nitrogen and oxygen atoms in total. The molecular weight excluding hydrogens is 263 g/mol. The van der Waals surface area contributed by atoms with Gasteiger partial charge < -0.3 is 10.0 Å². The largest absolute Gasteiger partial charge is 0.481 e. The first-order valence-corrected chi connectivity index (χ1v) is 6.33. The van der Waals surface area contributed by atoms with Crippen LogP contribution in [0.15, 0.2) is 0 Å². The van der Waals surface area contributed by atoms with Crippen molar-refractivity contribution in [2.24, 2.45) is 11.8 Å². The van der Waals surface area contributed by atoms with Crippen LogP contribution in [-0.4, -0.2) is 41.1 Å². The van der Waals surface area contributed by atoms with Crippen LogP contribution in [0.2, 0.25) is 0 Å². The van der Waals surface area contributed by atoms with Gasteiger partial charge in [0.25, 0.3) is 0 Å². The second kappa shape index (κ2) is 6.25. The second-order valence-electron chi connectivity index (χ2n) is 4.87. The lowest BCUT2D eigenvalue weighted by Crippen LogP contribution is -2.43. The molecule has 0 aromatic rings. The summed E-state index contributed by atoms with van der Waals surface area (Å²) in [4.78, 5) is 23.7. The van der Waals surface area contributed by atoms with Crippen LogP contribution in [0.5, 0.6) is 0 Å². The molecule has 1 fully saturated rings. The predicted molar refractivity (Wildman–Crippen MR) is 61.4 cm³/mol. The fraction of sp³-hybridized carbons (Fsp3) is 0.833. The molecule has 1 rings (SSSR count). The molecule has 0 aromatic carbocycles. The van der Waals surface area contributed by atoms with Gasteiger partial charge >= 0.3 is 12.1 Å². The van der Waals surface area contributed by atoms with Crippen molar-refractivity contribution in [2.45, 2.75) is 38.8 Å². The molecule has 0 saturated heterocycles. The normalized spacial score (nSPS) is 24.0. The molecule has 1 aliphatic rings. The number of carboxylic acids is 1. The van der Waals surface area contributed by atoms with E-state index in [0.717, 1.165) is 4.90 Å². The van der Waals surface area contributed by atoms with Crippen molar-refractivity contribution in [2.75, 3.05) is 13.1 Å². The number of hydrogen-bond acceptors (Lipinski definition) is 2. The number of carbonyl (C=O) groups is 2. The lowest BCUT2D eigenvalue weighted by atomic mass is 9.80. The van der Waals surface area contributed by atoms with Gasteiger partial charge in [0, 0.05) is 12.5 Å². The van der Waals surface area contributed by atoms with Crippen LogP contribution in [-0.2, 0) is 9.59 Å². The van der Waals surface area contributed by atoms with Gasteiger partial charge in [0.15, 0.2) is 0 Å². The summed E-state index contributed by atoms with van der Waals surface area (Å²) >= 11 is 0. The van der Waals surface area contributed by atoms with E-state index < -0.39 is 36.4 Å². The van der Waals surface area contributed by atoms with Gasteiger partial charge in [-0.3, -0.25) is 9.59 Å². The number of aliphatic carboxylic acids is 1. The minimum atomic E-state index is -4.42. The van der Waals surface area contributed by atoms with Crippen molar-refractivity contribution in [3.63, 3.8) is 0 Å². The van der Waals surface area contributed by atoms with Crippen LogP contribution in [0, 0.1) is 11.8 Å². The average molecular weight is 281 g/mol. The van der Waals surface area contributed by atoms with E-state index >= 15 is 0 Å². The third-order valence-corrected chi connectivity index (χ3v) is 3.44. The van der Waals surface area contributed by atoms with Crippen molar-refractivity contribution in [1.82, 2.24) is 4.90 Å². The molecule has 2 atom stereocenters. The highest BCUT2D eigenvalue weighted by Gasteiger charge is 2.37. The summed E-state index contributed by atoms with van der Waals surface area (Å²) in [6.07, 6.45) is -2.76. The molecule has 0 aromatic heterocycles. The Morgan fingerprint density at radius 2 is 1.84 bits per heavy atom. The Kier molecular flexibility index (Phi) is 5.20. The highest BCUT2D eigenvalue weighted by atomic mass is 19.4. The Morgan fingerprint density at radius 1 is 1.26 bits per heavy atom. The second-order valence-corrected chi connectivity index (χ2v) is 4.87. The molecule has 0 heterocycles. The molecule has 2 unspecified atom stereocenters. The summed E-state index contributed by atoms with van der Waals surface area (Å²) < 4.78 is 37.0. The molecule has 1 saturated carbocycles.